The first-order chi connectivity index (χ1) is 12.2. The molecule has 2 heterocycles. The Morgan fingerprint density at radius 2 is 2.08 bits per heavy atom. The molecule has 0 saturated heterocycles. The number of thiophene rings is 1. The monoisotopic (exact) mass is 353 g/mol. The number of fused-ring (bicyclic) bond motifs is 3. The molecule has 1 aromatic carbocycles. The molecule has 128 valence electrons. The predicted molar refractivity (Wildman–Crippen MR) is 98.0 cm³/mol. The average molecular weight is 353 g/mol. The standard InChI is InChI=1S/C19H19N3O2S/c1-12-5-7-13(8-6-12)9-20-16(23)10-24-18-17-14-3-2-4-15(14)25-19(17)22-11-21-18/h5-8,11H,2-4,9-10H2,1H3,(H,20,23). The van der Waals surface area contributed by atoms with Crippen LogP contribution in [-0.4, -0.2) is 22.5 Å². The quantitative estimate of drug-likeness (QED) is 0.765. The Bertz CT molecular complexity index is 918. The van der Waals surface area contributed by atoms with E-state index in [4.69, 9.17) is 4.74 Å². The smallest absolute Gasteiger partial charge is 0.258 e. The molecule has 2 aromatic heterocycles. The van der Waals surface area contributed by atoms with E-state index >= 15 is 0 Å². The Morgan fingerprint density at radius 1 is 1.24 bits per heavy atom. The fourth-order valence-corrected chi connectivity index (χ4v) is 4.32. The molecular weight excluding hydrogens is 334 g/mol. The van der Waals surface area contributed by atoms with E-state index in [2.05, 4.69) is 15.3 Å². The molecule has 6 heteroatoms. The zero-order valence-electron chi connectivity index (χ0n) is 14.0. The van der Waals surface area contributed by atoms with Gasteiger partial charge in [-0.25, -0.2) is 9.97 Å². The molecule has 0 atom stereocenters. The first-order valence-corrected chi connectivity index (χ1v) is 9.22. The SMILES string of the molecule is Cc1ccc(CNC(=O)COc2ncnc3sc4c(c23)CCC4)cc1. The van der Waals surface area contributed by atoms with Crippen LogP contribution in [-0.2, 0) is 24.2 Å². The average Bonchev–Trinajstić information content (AvgIpc) is 3.20. The first-order valence-electron chi connectivity index (χ1n) is 8.41. The number of hydrogen-bond donors (Lipinski definition) is 1. The van der Waals surface area contributed by atoms with E-state index in [0.29, 0.717) is 12.4 Å². The van der Waals surface area contributed by atoms with Crippen LogP contribution in [0.25, 0.3) is 10.2 Å². The zero-order valence-corrected chi connectivity index (χ0v) is 14.9. The van der Waals surface area contributed by atoms with Gasteiger partial charge in [-0.2, -0.15) is 0 Å². The molecular formula is C19H19N3O2S. The van der Waals surface area contributed by atoms with E-state index in [1.807, 2.05) is 31.2 Å². The van der Waals surface area contributed by atoms with E-state index in [9.17, 15) is 4.79 Å². The number of carbonyl (C=O) groups excluding carboxylic acids is 1. The largest absolute Gasteiger partial charge is 0.467 e. The van der Waals surface area contributed by atoms with Crippen molar-refractivity contribution in [3.8, 4) is 5.88 Å². The summed E-state index contributed by atoms with van der Waals surface area (Å²) in [6.07, 6.45) is 4.82. The Hall–Kier alpha value is -2.47. The summed E-state index contributed by atoms with van der Waals surface area (Å²) in [5, 5.41) is 3.87. The summed E-state index contributed by atoms with van der Waals surface area (Å²) in [7, 11) is 0. The van der Waals surface area contributed by atoms with Crippen LogP contribution in [0.1, 0.15) is 28.0 Å². The van der Waals surface area contributed by atoms with Crippen molar-refractivity contribution < 1.29 is 9.53 Å². The summed E-state index contributed by atoms with van der Waals surface area (Å²) < 4.78 is 5.72. The highest BCUT2D eigenvalue weighted by Crippen LogP contribution is 2.39. The van der Waals surface area contributed by atoms with E-state index in [0.717, 1.165) is 28.6 Å². The van der Waals surface area contributed by atoms with Gasteiger partial charge < -0.3 is 10.1 Å². The number of aryl methyl sites for hydroxylation is 3. The number of amides is 1. The summed E-state index contributed by atoms with van der Waals surface area (Å²) in [6.45, 7) is 2.50. The molecule has 0 radical (unpaired) electrons. The number of nitrogens with one attached hydrogen (secondary N) is 1. The van der Waals surface area contributed by atoms with Gasteiger partial charge in [-0.1, -0.05) is 29.8 Å². The lowest BCUT2D eigenvalue weighted by atomic mass is 10.1. The minimum Gasteiger partial charge on any atom is -0.467 e. The lowest BCUT2D eigenvalue weighted by Crippen LogP contribution is -2.28. The second-order valence-corrected chi connectivity index (χ2v) is 7.35. The number of nitrogens with zero attached hydrogens (tertiary/aromatic N) is 2. The van der Waals surface area contributed by atoms with Crippen molar-refractivity contribution in [1.29, 1.82) is 0 Å². The van der Waals surface area contributed by atoms with Crippen LogP contribution in [0, 0.1) is 6.92 Å². The maximum atomic E-state index is 12.1. The van der Waals surface area contributed by atoms with Crippen molar-refractivity contribution in [2.24, 2.45) is 0 Å². The third kappa shape index (κ3) is 3.35. The molecule has 0 saturated carbocycles. The van der Waals surface area contributed by atoms with Gasteiger partial charge in [0.1, 0.15) is 11.2 Å². The maximum Gasteiger partial charge on any atom is 0.258 e. The molecule has 5 nitrogen and oxygen atoms in total. The van der Waals surface area contributed by atoms with Crippen LogP contribution in [0.2, 0.25) is 0 Å². The van der Waals surface area contributed by atoms with E-state index in [1.165, 1.54) is 28.8 Å². The molecule has 0 spiro atoms. The molecule has 1 N–H and O–H groups in total. The first kappa shape index (κ1) is 16.0. The molecule has 25 heavy (non-hydrogen) atoms. The van der Waals surface area contributed by atoms with Gasteiger partial charge in [0.2, 0.25) is 5.88 Å². The van der Waals surface area contributed by atoms with Gasteiger partial charge in [0.05, 0.1) is 5.39 Å². The van der Waals surface area contributed by atoms with Gasteiger partial charge in [-0.15, -0.1) is 11.3 Å². The van der Waals surface area contributed by atoms with E-state index < -0.39 is 0 Å². The third-order valence-corrected chi connectivity index (χ3v) is 5.62. The van der Waals surface area contributed by atoms with Crippen molar-refractivity contribution in [3.05, 3.63) is 52.2 Å². The minimum absolute atomic E-state index is 0.0391. The van der Waals surface area contributed by atoms with Crippen molar-refractivity contribution in [3.63, 3.8) is 0 Å². The molecule has 0 aliphatic heterocycles. The van der Waals surface area contributed by atoms with Gasteiger partial charge in [0.15, 0.2) is 6.61 Å². The fraction of sp³-hybridized carbons (Fsp3) is 0.316. The Balaban J connectivity index is 1.40. The molecule has 0 fully saturated rings. The van der Waals surface area contributed by atoms with Crippen LogP contribution in [0.5, 0.6) is 5.88 Å². The van der Waals surface area contributed by atoms with Crippen LogP contribution < -0.4 is 10.1 Å². The number of hydrogen-bond acceptors (Lipinski definition) is 5. The molecule has 4 rings (SSSR count). The third-order valence-electron chi connectivity index (χ3n) is 4.42. The molecule has 0 bridgehead atoms. The second kappa shape index (κ2) is 6.80. The van der Waals surface area contributed by atoms with Crippen molar-refractivity contribution in [2.75, 3.05) is 6.61 Å². The highest BCUT2D eigenvalue weighted by Gasteiger charge is 2.22. The van der Waals surface area contributed by atoms with E-state index in [1.54, 1.807) is 11.3 Å². The summed E-state index contributed by atoms with van der Waals surface area (Å²) in [5.41, 5.74) is 3.57. The summed E-state index contributed by atoms with van der Waals surface area (Å²) in [6, 6.07) is 8.09. The lowest BCUT2D eigenvalue weighted by molar-refractivity contribution is -0.123. The molecule has 0 unspecified atom stereocenters. The Kier molecular flexibility index (Phi) is 4.36. The van der Waals surface area contributed by atoms with Crippen LogP contribution >= 0.6 is 11.3 Å². The van der Waals surface area contributed by atoms with Crippen LogP contribution in [0.15, 0.2) is 30.6 Å². The zero-order chi connectivity index (χ0) is 17.2. The Morgan fingerprint density at radius 3 is 2.92 bits per heavy atom. The van der Waals surface area contributed by atoms with Crippen LogP contribution in [0.4, 0.5) is 0 Å². The lowest BCUT2D eigenvalue weighted by Gasteiger charge is -2.08. The number of carbonyl (C=O) groups is 1. The van der Waals surface area contributed by atoms with Crippen molar-refractivity contribution in [2.45, 2.75) is 32.7 Å². The number of aromatic nitrogens is 2. The predicted octanol–water partition coefficient (Wildman–Crippen LogP) is 3.18. The van der Waals surface area contributed by atoms with Gasteiger partial charge in [0, 0.05) is 11.4 Å². The molecule has 1 aliphatic rings. The Labute approximate surface area is 150 Å². The minimum atomic E-state index is -0.154. The summed E-state index contributed by atoms with van der Waals surface area (Å²) in [5.74, 6) is 0.370. The normalized spacial score (nSPS) is 13.0. The fourth-order valence-electron chi connectivity index (χ4n) is 3.10. The highest BCUT2D eigenvalue weighted by molar-refractivity contribution is 7.18. The summed E-state index contributed by atoms with van der Waals surface area (Å²) >= 11 is 1.71. The maximum absolute atomic E-state index is 12.1. The molecule has 3 aromatic rings. The van der Waals surface area contributed by atoms with Crippen LogP contribution in [0.3, 0.4) is 0 Å². The number of rotatable bonds is 5. The van der Waals surface area contributed by atoms with Crippen molar-refractivity contribution in [1.82, 2.24) is 15.3 Å². The van der Waals surface area contributed by atoms with Gasteiger partial charge in [-0.05, 0) is 37.3 Å². The summed E-state index contributed by atoms with van der Waals surface area (Å²) in [4.78, 5) is 23.0. The van der Waals surface area contributed by atoms with Gasteiger partial charge in [0.25, 0.3) is 5.91 Å². The van der Waals surface area contributed by atoms with E-state index in [-0.39, 0.29) is 12.5 Å². The molecule has 1 amide bonds. The second-order valence-electron chi connectivity index (χ2n) is 6.27. The molecule has 1 aliphatic carbocycles. The number of ether oxygens (including phenoxy) is 1. The van der Waals surface area contributed by atoms with Crippen molar-refractivity contribution >= 4 is 27.5 Å². The highest BCUT2D eigenvalue weighted by atomic mass is 32.1. The van der Waals surface area contributed by atoms with Gasteiger partial charge in [-0.3, -0.25) is 4.79 Å². The van der Waals surface area contributed by atoms with Gasteiger partial charge >= 0.3 is 0 Å². The topological polar surface area (TPSA) is 64.1 Å². The number of benzene rings is 1.